The van der Waals surface area contributed by atoms with E-state index in [0.717, 1.165) is 0 Å². The summed E-state index contributed by atoms with van der Waals surface area (Å²) in [5.41, 5.74) is 0. The Morgan fingerprint density at radius 1 is 0.400 bits per heavy atom. The minimum atomic E-state index is 0. The van der Waals surface area contributed by atoms with Crippen LogP contribution >= 0.6 is 0 Å². The molecule has 0 unspecified atom stereocenters. The number of nitrogens with zero attached hydrogens (tertiary/aromatic N) is 6. The molecule has 15 heavy (non-hydrogen) atoms. The van der Waals surface area contributed by atoms with Gasteiger partial charge in [0.15, 0.2) is 0 Å². The smallest absolute Gasteiger partial charge is 0.512 e. The minimum Gasteiger partial charge on any atom is -0.512 e. The van der Waals surface area contributed by atoms with Gasteiger partial charge in [0.05, 0.1) is 0 Å². The van der Waals surface area contributed by atoms with Gasteiger partial charge in [0, 0.05) is 0 Å². The summed E-state index contributed by atoms with van der Waals surface area (Å²) < 4.78 is 0. The summed E-state index contributed by atoms with van der Waals surface area (Å²) >= 11 is 0. The van der Waals surface area contributed by atoms with Gasteiger partial charge in [0.2, 0.25) is 0 Å². The molecule has 0 amide bonds. The quantitative estimate of drug-likeness (QED) is 0.503. The molecular formula is C6H3Fe2N7+. The molecule has 0 aliphatic carbocycles. The normalized spacial score (nSPS) is 0.800. The van der Waals surface area contributed by atoms with Crippen LogP contribution in [0.4, 0.5) is 0 Å². The van der Waals surface area contributed by atoms with Crippen LogP contribution in [0.5, 0.6) is 0 Å². The van der Waals surface area contributed by atoms with E-state index < -0.39 is 0 Å². The molecule has 77 valence electrons. The molecule has 7 nitrogen and oxygen atoms in total. The van der Waals surface area contributed by atoms with E-state index in [9.17, 15) is 0 Å². The summed E-state index contributed by atoms with van der Waals surface area (Å²) in [4.78, 5) is 0. The first-order valence-electron chi connectivity index (χ1n) is 1.34. The Bertz CT molecular complexity index is 96.5. The van der Waals surface area contributed by atoms with Crippen molar-refractivity contribution in [3.05, 3.63) is 39.4 Å². The summed E-state index contributed by atoms with van der Waals surface area (Å²) in [7, 11) is 0. The Labute approximate surface area is 111 Å². The van der Waals surface area contributed by atoms with Gasteiger partial charge in [-0.05, 0) is 0 Å². The third-order valence-electron chi connectivity index (χ3n) is 0. The minimum absolute atomic E-state index is 0. The average Bonchev–Trinajstić information content (AvgIpc) is 2.33. The van der Waals surface area contributed by atoms with Crippen LogP contribution < -0.4 is 6.15 Å². The molecule has 0 aliphatic rings. The molecule has 0 aliphatic heterocycles. The van der Waals surface area contributed by atoms with Crippen molar-refractivity contribution >= 4 is 0 Å². The van der Waals surface area contributed by atoms with E-state index in [1.54, 1.807) is 0 Å². The molecule has 0 fully saturated rings. The summed E-state index contributed by atoms with van der Waals surface area (Å²) in [5, 5.41) is 37.5. The van der Waals surface area contributed by atoms with Crippen LogP contribution in [0.25, 0.3) is 0 Å². The van der Waals surface area contributed by atoms with E-state index in [2.05, 4.69) is 0 Å². The van der Waals surface area contributed by atoms with E-state index in [1.165, 1.54) is 0 Å². The molecule has 9 heteroatoms. The average molecular weight is 285 g/mol. The van der Waals surface area contributed by atoms with E-state index in [0.29, 0.717) is 0 Å². The van der Waals surface area contributed by atoms with Crippen molar-refractivity contribution in [3.8, 4) is 0 Å². The summed E-state index contributed by atoms with van der Waals surface area (Å²) in [6.45, 7) is 28.5. The molecule has 3 N–H and O–H groups in total. The van der Waals surface area contributed by atoms with Crippen LogP contribution in [0.1, 0.15) is 0 Å². The zero-order valence-electron chi connectivity index (χ0n) is 7.10. The molecule has 0 aromatic heterocycles. The van der Waals surface area contributed by atoms with Crippen molar-refractivity contribution < 1.29 is 34.1 Å². The van der Waals surface area contributed by atoms with E-state index >= 15 is 0 Å². The van der Waals surface area contributed by atoms with E-state index in [4.69, 9.17) is 71.0 Å². The Morgan fingerprint density at radius 3 is 0.400 bits per heavy atom. The first-order chi connectivity index (χ1) is 6.00. The van der Waals surface area contributed by atoms with Gasteiger partial charge >= 0.3 is 34.1 Å². The first kappa shape index (κ1) is 119. The third kappa shape index (κ3) is 278. The predicted octanol–water partition coefficient (Wildman–Crippen LogP) is 0.735. The van der Waals surface area contributed by atoms with Crippen molar-refractivity contribution in [1.29, 1.82) is 31.6 Å². The Hall–Kier alpha value is -2.06. The molecule has 0 bridgehead atoms. The fraction of sp³-hybridized carbons (Fsp3) is 0. The molecule has 0 saturated heterocycles. The van der Waals surface area contributed by atoms with Gasteiger partial charge in [-0.25, -0.2) is 0 Å². The van der Waals surface area contributed by atoms with E-state index in [1.807, 2.05) is 0 Å². The second kappa shape index (κ2) is 336. The Balaban J connectivity index is -0.00000000396. The molecule has 1 radical (unpaired) electrons. The summed E-state index contributed by atoms with van der Waals surface area (Å²) in [6.07, 6.45) is 0. The van der Waals surface area contributed by atoms with Gasteiger partial charge in [-0.1, -0.05) is 0 Å². The topological polar surface area (TPSA) is 178 Å². The first-order valence-corrected chi connectivity index (χ1v) is 1.34. The summed E-state index contributed by atoms with van der Waals surface area (Å²) in [6, 6.07) is 0. The molecule has 0 heterocycles. The predicted molar refractivity (Wildman–Crippen MR) is 34.8 cm³/mol. The van der Waals surface area contributed by atoms with Crippen molar-refractivity contribution in [2.45, 2.75) is 0 Å². The monoisotopic (exact) mass is 285 g/mol. The second-order valence-corrected chi connectivity index (χ2v) is 0. The Morgan fingerprint density at radius 2 is 0.400 bits per heavy atom. The standard InChI is InChI=1S/6CN.2Fe.H3N/c6*1-2;;;/h;;;;;;;;1H3/q6*-1;+3;+4;. The SMILES string of the molecule is N.[C-]#N.[C-]#N.[C-]#N.[C-]#N.[C-]#N.[C-]#N.[Fe+3].[Fe+4]. The van der Waals surface area contributed by atoms with Crippen LogP contribution in [0.15, 0.2) is 0 Å². The zero-order valence-corrected chi connectivity index (χ0v) is 9.31. The fourth-order valence-corrected chi connectivity index (χ4v) is 0. The van der Waals surface area contributed by atoms with Crippen LogP contribution in [-0.4, -0.2) is 0 Å². The second-order valence-electron chi connectivity index (χ2n) is 0. The number of hydrogen-bond donors (Lipinski definition) is 1. The number of rotatable bonds is 0. The van der Waals surface area contributed by atoms with Gasteiger partial charge in [0.25, 0.3) is 0 Å². The molecule has 0 saturated carbocycles. The van der Waals surface area contributed by atoms with Crippen LogP contribution in [0.3, 0.4) is 0 Å². The van der Waals surface area contributed by atoms with Crippen LogP contribution in [0.2, 0.25) is 0 Å². The fourth-order valence-electron chi connectivity index (χ4n) is 0. The molecular weight excluding hydrogens is 282 g/mol. The molecule has 0 atom stereocenters. The van der Waals surface area contributed by atoms with Crippen molar-refractivity contribution in [3.63, 3.8) is 0 Å². The van der Waals surface area contributed by atoms with Gasteiger partial charge in [-0.3, -0.25) is 0 Å². The molecule has 0 aromatic rings. The van der Waals surface area contributed by atoms with Crippen molar-refractivity contribution in [2.24, 2.45) is 0 Å². The summed E-state index contributed by atoms with van der Waals surface area (Å²) in [5.74, 6) is 0. The van der Waals surface area contributed by atoms with E-state index in [-0.39, 0.29) is 40.3 Å². The molecule has 0 rings (SSSR count). The molecule has 0 spiro atoms. The zero-order chi connectivity index (χ0) is 12.0. The Kier molecular flexibility index (Phi) is 2670. The maximum Gasteiger partial charge on any atom is 4.00 e. The largest absolute Gasteiger partial charge is 4.00 e. The van der Waals surface area contributed by atoms with Gasteiger partial charge in [0.1, 0.15) is 0 Å². The van der Waals surface area contributed by atoms with Crippen molar-refractivity contribution in [1.82, 2.24) is 6.15 Å². The van der Waals surface area contributed by atoms with Crippen LogP contribution in [0, 0.1) is 71.0 Å². The van der Waals surface area contributed by atoms with Gasteiger partial charge < -0.3 is 77.2 Å². The maximum absolute atomic E-state index is 6.25. The third-order valence-corrected chi connectivity index (χ3v) is 0. The van der Waals surface area contributed by atoms with Gasteiger partial charge in [-0.15, -0.1) is 0 Å². The number of hydrogen-bond acceptors (Lipinski definition) is 7. The molecule has 0 aromatic carbocycles. The van der Waals surface area contributed by atoms with Crippen molar-refractivity contribution in [2.75, 3.05) is 0 Å². The van der Waals surface area contributed by atoms with Gasteiger partial charge in [-0.2, -0.15) is 0 Å². The maximum atomic E-state index is 6.25. The van der Waals surface area contributed by atoms with Crippen LogP contribution in [-0.2, 0) is 34.1 Å².